The van der Waals surface area contributed by atoms with Gasteiger partial charge in [-0.1, -0.05) is 72.4 Å². The highest BCUT2D eigenvalue weighted by Gasteiger charge is 2.17. The number of ether oxygens (including phenoxy) is 2. The van der Waals surface area contributed by atoms with Crippen molar-refractivity contribution < 1.29 is 19.1 Å². The molecule has 0 bridgehead atoms. The summed E-state index contributed by atoms with van der Waals surface area (Å²) in [7, 11) is 1.52. The van der Waals surface area contributed by atoms with Crippen LogP contribution in [0.25, 0.3) is 17.1 Å². The molecule has 4 aromatic rings. The molecular weight excluding hydrogens is 466 g/mol. The number of benzene rings is 3. The van der Waals surface area contributed by atoms with E-state index in [1.54, 1.807) is 24.3 Å². The normalized spacial score (nSPS) is 10.4. The molecule has 0 atom stereocenters. The largest absolute Gasteiger partial charge is 0.493 e. The first-order valence-electron chi connectivity index (χ1n) is 10.7. The summed E-state index contributed by atoms with van der Waals surface area (Å²) in [5, 5.41) is 9.19. The minimum absolute atomic E-state index is 0.0212. The quantitative estimate of drug-likeness (QED) is 0.274. The second-order valence-electron chi connectivity index (χ2n) is 7.17. The molecule has 2 N–H and O–H groups in total. The first-order valence-corrected chi connectivity index (χ1v) is 11.7. The van der Waals surface area contributed by atoms with Gasteiger partial charge in [-0.15, -0.1) is 10.2 Å². The number of aromatic nitrogens is 3. The Morgan fingerprint density at radius 1 is 0.829 bits per heavy atom. The first kappa shape index (κ1) is 23.8. The molecule has 1 heterocycles. The van der Waals surface area contributed by atoms with E-state index in [4.69, 9.17) is 9.47 Å². The molecule has 3 aromatic carbocycles. The lowest BCUT2D eigenvalue weighted by Gasteiger charge is -2.11. The lowest BCUT2D eigenvalue weighted by atomic mass is 10.2. The molecule has 0 aliphatic rings. The summed E-state index contributed by atoms with van der Waals surface area (Å²) in [5.41, 5.74) is 6.51. The van der Waals surface area contributed by atoms with Crippen LogP contribution in [0.5, 0.6) is 11.5 Å². The third kappa shape index (κ3) is 6.18. The topological polar surface area (TPSA) is 107 Å². The SMILES string of the molecule is COc1ccccc1OCC(=O)NNC(=O)CSc1nnc(-c2ccccc2)n1-c1ccccc1. The molecule has 35 heavy (non-hydrogen) atoms. The van der Waals surface area contributed by atoms with Crippen LogP contribution in [0.15, 0.2) is 90.1 Å². The molecule has 9 nitrogen and oxygen atoms in total. The smallest absolute Gasteiger partial charge is 0.276 e. The summed E-state index contributed by atoms with van der Waals surface area (Å²) >= 11 is 1.21. The summed E-state index contributed by atoms with van der Waals surface area (Å²) in [6.07, 6.45) is 0. The maximum absolute atomic E-state index is 12.4. The van der Waals surface area contributed by atoms with Crippen LogP contribution in [-0.2, 0) is 9.59 Å². The molecule has 0 spiro atoms. The fourth-order valence-corrected chi connectivity index (χ4v) is 3.92. The number of hydrogen-bond donors (Lipinski definition) is 2. The number of methoxy groups -OCH3 is 1. The van der Waals surface area contributed by atoms with Crippen molar-refractivity contribution in [3.05, 3.63) is 84.9 Å². The predicted molar refractivity (Wildman–Crippen MR) is 132 cm³/mol. The van der Waals surface area contributed by atoms with Gasteiger partial charge in [0.05, 0.1) is 12.9 Å². The number of hydrogen-bond acceptors (Lipinski definition) is 7. The number of rotatable bonds is 9. The van der Waals surface area contributed by atoms with E-state index in [0.29, 0.717) is 22.5 Å². The third-order valence-corrected chi connectivity index (χ3v) is 5.71. The van der Waals surface area contributed by atoms with E-state index in [1.807, 2.05) is 65.2 Å². The Kier molecular flexibility index (Phi) is 7.97. The zero-order valence-electron chi connectivity index (χ0n) is 18.9. The van der Waals surface area contributed by atoms with Crippen molar-refractivity contribution in [3.63, 3.8) is 0 Å². The predicted octanol–water partition coefficient (Wildman–Crippen LogP) is 3.26. The van der Waals surface area contributed by atoms with Gasteiger partial charge < -0.3 is 9.47 Å². The van der Waals surface area contributed by atoms with Crippen molar-refractivity contribution in [2.45, 2.75) is 5.16 Å². The van der Waals surface area contributed by atoms with E-state index in [9.17, 15) is 9.59 Å². The van der Waals surface area contributed by atoms with Crippen molar-refractivity contribution >= 4 is 23.6 Å². The Labute approximate surface area is 206 Å². The lowest BCUT2D eigenvalue weighted by molar-refractivity contribution is -0.128. The van der Waals surface area contributed by atoms with Crippen LogP contribution in [-0.4, -0.2) is 46.0 Å². The number of para-hydroxylation sites is 3. The summed E-state index contributed by atoms with van der Waals surface area (Å²) in [6.45, 7) is -0.281. The molecule has 0 aliphatic heterocycles. The van der Waals surface area contributed by atoms with Gasteiger partial charge in [0.2, 0.25) is 5.91 Å². The Morgan fingerprint density at radius 2 is 1.46 bits per heavy atom. The highest BCUT2D eigenvalue weighted by Crippen LogP contribution is 2.28. The molecule has 0 saturated heterocycles. The molecule has 0 unspecified atom stereocenters. The highest BCUT2D eigenvalue weighted by molar-refractivity contribution is 7.99. The summed E-state index contributed by atoms with van der Waals surface area (Å²) in [5.74, 6) is 0.728. The highest BCUT2D eigenvalue weighted by atomic mass is 32.2. The second kappa shape index (κ2) is 11.7. The van der Waals surface area contributed by atoms with Crippen molar-refractivity contribution in [3.8, 4) is 28.6 Å². The van der Waals surface area contributed by atoms with Gasteiger partial charge in [-0.25, -0.2) is 0 Å². The molecule has 0 radical (unpaired) electrons. The van der Waals surface area contributed by atoms with E-state index >= 15 is 0 Å². The summed E-state index contributed by atoms with van der Waals surface area (Å²) in [6, 6.07) is 26.3. The van der Waals surface area contributed by atoms with E-state index < -0.39 is 11.8 Å². The number of carbonyl (C=O) groups is 2. The number of thioether (sulfide) groups is 1. The molecule has 0 aliphatic carbocycles. The average molecular weight is 490 g/mol. The van der Waals surface area contributed by atoms with Gasteiger partial charge in [0, 0.05) is 11.3 Å². The molecule has 10 heteroatoms. The van der Waals surface area contributed by atoms with Crippen LogP contribution in [0.4, 0.5) is 0 Å². The summed E-state index contributed by atoms with van der Waals surface area (Å²) < 4.78 is 12.5. The molecule has 0 saturated carbocycles. The Bertz CT molecular complexity index is 1280. The molecule has 0 fully saturated rings. The fraction of sp³-hybridized carbons (Fsp3) is 0.120. The monoisotopic (exact) mass is 489 g/mol. The van der Waals surface area contributed by atoms with Gasteiger partial charge in [0.15, 0.2) is 29.1 Å². The van der Waals surface area contributed by atoms with Gasteiger partial charge in [-0.3, -0.25) is 25.0 Å². The maximum Gasteiger partial charge on any atom is 0.276 e. The number of hydrazine groups is 1. The van der Waals surface area contributed by atoms with Crippen LogP contribution in [0.2, 0.25) is 0 Å². The van der Waals surface area contributed by atoms with Gasteiger partial charge >= 0.3 is 0 Å². The zero-order valence-corrected chi connectivity index (χ0v) is 19.7. The number of carbonyl (C=O) groups excluding carboxylic acids is 2. The fourth-order valence-electron chi connectivity index (χ4n) is 3.17. The van der Waals surface area contributed by atoms with E-state index in [2.05, 4.69) is 21.0 Å². The minimum Gasteiger partial charge on any atom is -0.493 e. The molecule has 178 valence electrons. The lowest BCUT2D eigenvalue weighted by Crippen LogP contribution is -2.44. The van der Waals surface area contributed by atoms with Crippen molar-refractivity contribution in [2.24, 2.45) is 0 Å². The average Bonchev–Trinajstić information content (AvgIpc) is 3.34. The van der Waals surface area contributed by atoms with Crippen LogP contribution < -0.4 is 20.3 Å². The summed E-state index contributed by atoms with van der Waals surface area (Å²) in [4.78, 5) is 24.4. The minimum atomic E-state index is -0.506. The van der Waals surface area contributed by atoms with Crippen molar-refractivity contribution in [1.82, 2.24) is 25.6 Å². The Hall–Kier alpha value is -4.31. The van der Waals surface area contributed by atoms with Crippen molar-refractivity contribution in [2.75, 3.05) is 19.5 Å². The molecule has 2 amide bonds. The zero-order chi connectivity index (χ0) is 24.5. The first-order chi connectivity index (χ1) is 17.2. The Morgan fingerprint density at radius 3 is 2.17 bits per heavy atom. The van der Waals surface area contributed by atoms with E-state index in [0.717, 1.165) is 11.3 Å². The van der Waals surface area contributed by atoms with Gasteiger partial charge in [-0.05, 0) is 24.3 Å². The van der Waals surface area contributed by atoms with Gasteiger partial charge in [-0.2, -0.15) is 0 Å². The standard InChI is InChI=1S/C25H23N5O4S/c1-33-20-14-8-9-15-21(20)34-16-22(31)26-27-23(32)17-35-25-29-28-24(18-10-4-2-5-11-18)30(25)19-12-6-3-7-13-19/h2-15H,16-17H2,1H3,(H,26,31)(H,27,32). The third-order valence-electron chi connectivity index (χ3n) is 4.78. The van der Waals surface area contributed by atoms with Crippen molar-refractivity contribution in [1.29, 1.82) is 0 Å². The van der Waals surface area contributed by atoms with Crippen LogP contribution in [0.1, 0.15) is 0 Å². The van der Waals surface area contributed by atoms with Gasteiger partial charge in [0.1, 0.15) is 0 Å². The van der Waals surface area contributed by atoms with Crippen LogP contribution in [0, 0.1) is 0 Å². The number of nitrogens with one attached hydrogen (secondary N) is 2. The van der Waals surface area contributed by atoms with Gasteiger partial charge in [0.25, 0.3) is 5.91 Å². The molecule has 1 aromatic heterocycles. The van der Waals surface area contributed by atoms with Crippen LogP contribution in [0.3, 0.4) is 0 Å². The number of amides is 2. The number of nitrogens with zero attached hydrogens (tertiary/aromatic N) is 3. The van der Waals surface area contributed by atoms with E-state index in [-0.39, 0.29) is 12.4 Å². The molecular formula is C25H23N5O4S. The molecule has 4 rings (SSSR count). The van der Waals surface area contributed by atoms with E-state index in [1.165, 1.54) is 18.9 Å². The second-order valence-corrected chi connectivity index (χ2v) is 8.11. The maximum atomic E-state index is 12.4. The Balaban J connectivity index is 1.35. The van der Waals surface area contributed by atoms with Crippen LogP contribution >= 0.6 is 11.8 Å².